The average molecular weight is 401 g/mol. The molecule has 9 nitrogen and oxygen atoms in total. The monoisotopic (exact) mass is 401 g/mol. The molecular weight excluding hydrogens is 382 g/mol. The number of hydrogen-bond acceptors (Lipinski definition) is 7. The molecule has 0 radical (unpaired) electrons. The van der Waals surface area contributed by atoms with Crippen LogP contribution in [0.15, 0.2) is 46.2 Å². The highest BCUT2D eigenvalue weighted by Crippen LogP contribution is 2.28. The van der Waals surface area contributed by atoms with Gasteiger partial charge in [0.1, 0.15) is 0 Å². The number of nitro groups is 1. The summed E-state index contributed by atoms with van der Waals surface area (Å²) < 4.78 is 7.30. The molecule has 0 fully saturated rings. The highest BCUT2D eigenvalue weighted by atomic mass is 32.2. The number of hydrogen-bond donors (Lipinski definition) is 1. The predicted octanol–water partition coefficient (Wildman–Crippen LogP) is 4.07. The Hall–Kier alpha value is -3.14. The van der Waals surface area contributed by atoms with Gasteiger partial charge in [0.05, 0.1) is 22.6 Å². The molecule has 1 N–H and O–H groups in total. The fourth-order valence-electron chi connectivity index (χ4n) is 2.59. The van der Waals surface area contributed by atoms with Crippen LogP contribution in [0.4, 0.5) is 11.4 Å². The molecule has 0 spiro atoms. The van der Waals surface area contributed by atoms with Crippen molar-refractivity contribution < 1.29 is 14.1 Å². The first-order chi connectivity index (χ1) is 13.4. The summed E-state index contributed by atoms with van der Waals surface area (Å²) in [6.45, 7) is 5.76. The number of aromatic nitrogens is 3. The van der Waals surface area contributed by atoms with Gasteiger partial charge in [-0.2, -0.15) is 0 Å². The van der Waals surface area contributed by atoms with Gasteiger partial charge in [0.2, 0.25) is 11.7 Å². The van der Waals surface area contributed by atoms with E-state index in [1.165, 1.54) is 23.9 Å². The van der Waals surface area contributed by atoms with E-state index in [0.717, 1.165) is 5.56 Å². The third kappa shape index (κ3) is 4.22. The Bertz CT molecular complexity index is 998. The van der Waals surface area contributed by atoms with E-state index < -0.39 is 4.92 Å². The molecule has 0 aliphatic carbocycles. The Labute approximate surface area is 165 Å². The third-order valence-electron chi connectivity index (χ3n) is 3.96. The summed E-state index contributed by atoms with van der Waals surface area (Å²) in [5.74, 6) is 0.999. The van der Waals surface area contributed by atoms with Crippen LogP contribution in [0.2, 0.25) is 0 Å². The molecule has 3 aromatic rings. The van der Waals surface area contributed by atoms with Gasteiger partial charge in [0.25, 0.3) is 5.69 Å². The summed E-state index contributed by atoms with van der Waals surface area (Å²) in [4.78, 5) is 22.8. The van der Waals surface area contributed by atoms with Crippen LogP contribution < -0.4 is 5.32 Å². The standard InChI is InChI=1S/C18H19N5O4S/c1-11(2)22-17(15-5-4-8-27-15)20-21-18(22)28-10-16(24)19-14-9-13(23(25)26)7-6-12(14)3/h4-9,11H,10H2,1-3H3,(H,19,24). The molecule has 2 heterocycles. The van der Waals surface area contributed by atoms with Gasteiger partial charge in [-0.1, -0.05) is 17.8 Å². The minimum Gasteiger partial charge on any atom is -0.461 e. The van der Waals surface area contributed by atoms with Gasteiger partial charge in [-0.15, -0.1) is 10.2 Å². The van der Waals surface area contributed by atoms with E-state index in [0.29, 0.717) is 22.4 Å². The molecule has 0 bridgehead atoms. The van der Waals surface area contributed by atoms with Crippen molar-refractivity contribution in [2.24, 2.45) is 0 Å². The van der Waals surface area contributed by atoms with Gasteiger partial charge in [0, 0.05) is 18.2 Å². The fourth-order valence-corrected chi connectivity index (χ4v) is 3.46. The Morgan fingerprint density at radius 3 is 2.79 bits per heavy atom. The lowest BCUT2D eigenvalue weighted by Gasteiger charge is -2.12. The third-order valence-corrected chi connectivity index (χ3v) is 4.90. The van der Waals surface area contributed by atoms with Crippen molar-refractivity contribution in [2.45, 2.75) is 32.0 Å². The van der Waals surface area contributed by atoms with Gasteiger partial charge in [-0.05, 0) is 38.5 Å². The normalized spacial score (nSPS) is 11.0. The molecule has 0 aliphatic rings. The number of nitrogens with one attached hydrogen (secondary N) is 1. The number of anilines is 1. The summed E-state index contributed by atoms with van der Waals surface area (Å²) in [5.41, 5.74) is 1.09. The highest BCUT2D eigenvalue weighted by Gasteiger charge is 2.19. The van der Waals surface area contributed by atoms with E-state index in [9.17, 15) is 14.9 Å². The Kier molecular flexibility index (Phi) is 5.78. The van der Waals surface area contributed by atoms with Crippen LogP contribution in [0.25, 0.3) is 11.6 Å². The quantitative estimate of drug-likeness (QED) is 0.360. The second kappa shape index (κ2) is 8.26. The molecular formula is C18H19N5O4S. The fraction of sp³-hybridized carbons (Fsp3) is 0.278. The Balaban J connectivity index is 1.72. The van der Waals surface area contributed by atoms with Crippen molar-refractivity contribution in [1.82, 2.24) is 14.8 Å². The summed E-state index contributed by atoms with van der Waals surface area (Å²) in [6, 6.07) is 8.00. The van der Waals surface area contributed by atoms with Gasteiger partial charge < -0.3 is 9.73 Å². The number of non-ortho nitro benzene ring substituents is 1. The van der Waals surface area contributed by atoms with E-state index in [2.05, 4.69) is 15.5 Å². The molecule has 0 saturated heterocycles. The van der Waals surface area contributed by atoms with Crippen LogP contribution in [0.5, 0.6) is 0 Å². The molecule has 3 rings (SSSR count). The summed E-state index contributed by atoms with van der Waals surface area (Å²) in [7, 11) is 0. The minimum atomic E-state index is -0.495. The highest BCUT2D eigenvalue weighted by molar-refractivity contribution is 7.99. The maximum absolute atomic E-state index is 12.4. The average Bonchev–Trinajstić information content (AvgIpc) is 3.30. The van der Waals surface area contributed by atoms with Crippen LogP contribution in [0.1, 0.15) is 25.5 Å². The van der Waals surface area contributed by atoms with Crippen molar-refractivity contribution >= 4 is 29.0 Å². The van der Waals surface area contributed by atoms with Gasteiger partial charge in [0.15, 0.2) is 10.9 Å². The molecule has 0 unspecified atom stereocenters. The molecule has 1 aromatic carbocycles. The topological polar surface area (TPSA) is 116 Å². The van der Waals surface area contributed by atoms with Crippen LogP contribution in [0, 0.1) is 17.0 Å². The van der Waals surface area contributed by atoms with Crippen molar-refractivity contribution in [3.8, 4) is 11.6 Å². The molecule has 0 saturated carbocycles. The lowest BCUT2D eigenvalue weighted by molar-refractivity contribution is -0.384. The van der Waals surface area contributed by atoms with Crippen LogP contribution in [0.3, 0.4) is 0 Å². The van der Waals surface area contributed by atoms with Gasteiger partial charge >= 0.3 is 0 Å². The summed E-state index contributed by atoms with van der Waals surface area (Å²) >= 11 is 1.24. The number of thioether (sulfide) groups is 1. The number of furan rings is 1. The maximum Gasteiger partial charge on any atom is 0.271 e. The lowest BCUT2D eigenvalue weighted by atomic mass is 10.2. The lowest BCUT2D eigenvalue weighted by Crippen LogP contribution is -2.16. The zero-order valence-electron chi connectivity index (χ0n) is 15.6. The smallest absolute Gasteiger partial charge is 0.271 e. The van der Waals surface area contributed by atoms with Crippen LogP contribution >= 0.6 is 11.8 Å². The van der Waals surface area contributed by atoms with Crippen molar-refractivity contribution in [1.29, 1.82) is 0 Å². The van der Waals surface area contributed by atoms with E-state index in [1.807, 2.05) is 18.4 Å². The van der Waals surface area contributed by atoms with Crippen molar-refractivity contribution in [3.05, 3.63) is 52.3 Å². The van der Waals surface area contributed by atoms with E-state index >= 15 is 0 Å². The second-order valence-electron chi connectivity index (χ2n) is 6.34. The number of benzene rings is 1. The number of amides is 1. The molecule has 0 atom stereocenters. The summed E-state index contributed by atoms with van der Waals surface area (Å²) in [6.07, 6.45) is 1.57. The minimum absolute atomic E-state index is 0.0691. The first-order valence-corrected chi connectivity index (χ1v) is 9.52. The van der Waals surface area contributed by atoms with E-state index in [-0.39, 0.29) is 23.4 Å². The van der Waals surface area contributed by atoms with Gasteiger partial charge in [-0.3, -0.25) is 19.5 Å². The van der Waals surface area contributed by atoms with Crippen LogP contribution in [-0.2, 0) is 4.79 Å². The molecule has 146 valence electrons. The zero-order valence-corrected chi connectivity index (χ0v) is 16.4. The van der Waals surface area contributed by atoms with Crippen LogP contribution in [-0.4, -0.2) is 31.3 Å². The van der Waals surface area contributed by atoms with E-state index in [1.54, 1.807) is 31.4 Å². The number of carbonyl (C=O) groups is 1. The maximum atomic E-state index is 12.4. The number of rotatable bonds is 7. The molecule has 10 heteroatoms. The molecule has 0 aliphatic heterocycles. The zero-order chi connectivity index (χ0) is 20.3. The Morgan fingerprint density at radius 2 is 2.14 bits per heavy atom. The van der Waals surface area contributed by atoms with Crippen molar-refractivity contribution in [2.75, 3.05) is 11.1 Å². The van der Waals surface area contributed by atoms with E-state index in [4.69, 9.17) is 4.42 Å². The first kappa shape index (κ1) is 19.6. The first-order valence-electron chi connectivity index (χ1n) is 8.53. The number of carbonyl (C=O) groups excluding carboxylic acids is 1. The number of aryl methyl sites for hydroxylation is 1. The Morgan fingerprint density at radius 1 is 1.36 bits per heavy atom. The van der Waals surface area contributed by atoms with Crippen molar-refractivity contribution in [3.63, 3.8) is 0 Å². The largest absolute Gasteiger partial charge is 0.461 e. The predicted molar refractivity (Wildman–Crippen MR) is 105 cm³/mol. The molecule has 1 amide bonds. The molecule has 28 heavy (non-hydrogen) atoms. The number of nitrogens with zero attached hydrogens (tertiary/aromatic N) is 4. The molecule has 2 aromatic heterocycles. The SMILES string of the molecule is Cc1ccc([N+](=O)[O-])cc1NC(=O)CSc1nnc(-c2ccco2)n1C(C)C. The second-order valence-corrected chi connectivity index (χ2v) is 7.28. The summed E-state index contributed by atoms with van der Waals surface area (Å²) in [5, 5.41) is 22.6. The number of nitro benzene ring substituents is 1. The van der Waals surface area contributed by atoms with Gasteiger partial charge in [-0.25, -0.2) is 0 Å².